The van der Waals surface area contributed by atoms with Crippen LogP contribution >= 0.6 is 35.0 Å². The van der Waals surface area contributed by atoms with Gasteiger partial charge in [-0.1, -0.05) is 59.6 Å². The van der Waals surface area contributed by atoms with Crippen LogP contribution in [0.4, 0.5) is 4.79 Å². The number of nitrogens with zero attached hydrogens (tertiary/aromatic N) is 2. The molecule has 0 saturated carbocycles. The topological polar surface area (TPSA) is 79.6 Å². The van der Waals surface area contributed by atoms with Crippen molar-refractivity contribution < 1.29 is 19.1 Å². The van der Waals surface area contributed by atoms with Gasteiger partial charge in [0, 0.05) is 10.6 Å². The summed E-state index contributed by atoms with van der Waals surface area (Å²) in [6.45, 7) is 2.42. The van der Waals surface area contributed by atoms with Crippen molar-refractivity contribution >= 4 is 52.2 Å². The molecule has 0 aromatic heterocycles. The van der Waals surface area contributed by atoms with E-state index >= 15 is 0 Å². The lowest BCUT2D eigenvalue weighted by Gasteiger charge is -2.15. The maximum absolute atomic E-state index is 13.0. The molecule has 3 aromatic rings. The molecule has 1 heterocycles. The van der Waals surface area contributed by atoms with Gasteiger partial charge in [-0.2, -0.15) is 5.26 Å². The summed E-state index contributed by atoms with van der Waals surface area (Å²) in [5.41, 5.74) is 2.40. The highest BCUT2D eigenvalue weighted by atomic mass is 35.5. The first kappa shape index (κ1) is 25.6. The number of benzene rings is 3. The van der Waals surface area contributed by atoms with E-state index in [0.29, 0.717) is 44.8 Å². The maximum Gasteiger partial charge on any atom is 0.293 e. The highest BCUT2D eigenvalue weighted by Crippen LogP contribution is 2.40. The third-order valence-electron chi connectivity index (χ3n) is 5.30. The van der Waals surface area contributed by atoms with Gasteiger partial charge in [0.2, 0.25) is 0 Å². The van der Waals surface area contributed by atoms with E-state index in [-0.39, 0.29) is 18.1 Å². The molecule has 2 amide bonds. The van der Waals surface area contributed by atoms with Crippen LogP contribution in [0.25, 0.3) is 6.08 Å². The fourth-order valence-electron chi connectivity index (χ4n) is 3.56. The Morgan fingerprint density at radius 1 is 1.00 bits per heavy atom. The molecule has 0 bridgehead atoms. The Morgan fingerprint density at radius 3 is 2.44 bits per heavy atom. The monoisotopic (exact) mass is 538 g/mol. The van der Waals surface area contributed by atoms with Crippen molar-refractivity contribution in [1.29, 1.82) is 5.26 Å². The zero-order chi connectivity index (χ0) is 25.7. The third kappa shape index (κ3) is 5.68. The molecule has 1 saturated heterocycles. The first-order valence-corrected chi connectivity index (χ1v) is 12.5. The second-order valence-corrected chi connectivity index (χ2v) is 9.49. The largest absolute Gasteiger partial charge is 0.490 e. The average Bonchev–Trinajstić information content (AvgIpc) is 3.12. The van der Waals surface area contributed by atoms with E-state index in [2.05, 4.69) is 6.07 Å². The summed E-state index contributed by atoms with van der Waals surface area (Å²) in [6, 6.07) is 19.6. The van der Waals surface area contributed by atoms with Gasteiger partial charge >= 0.3 is 0 Å². The van der Waals surface area contributed by atoms with E-state index in [9.17, 15) is 14.9 Å². The Morgan fingerprint density at radius 2 is 1.72 bits per heavy atom. The molecule has 0 N–H and O–H groups in total. The molecule has 0 atom stereocenters. The maximum atomic E-state index is 13.0. The number of nitriles is 1. The van der Waals surface area contributed by atoms with Gasteiger partial charge in [0.25, 0.3) is 11.1 Å². The molecule has 1 aliphatic heterocycles. The minimum absolute atomic E-state index is 0.0194. The van der Waals surface area contributed by atoms with Crippen LogP contribution in [0.3, 0.4) is 0 Å². The zero-order valence-electron chi connectivity index (χ0n) is 19.2. The lowest BCUT2D eigenvalue weighted by molar-refractivity contribution is -0.123. The Labute approximate surface area is 223 Å². The minimum atomic E-state index is -0.439. The quantitative estimate of drug-likeness (QED) is 0.285. The van der Waals surface area contributed by atoms with Crippen LogP contribution in [-0.2, 0) is 17.9 Å². The molecular formula is C27H20Cl2N2O4S. The molecule has 6 nitrogen and oxygen atoms in total. The van der Waals surface area contributed by atoms with E-state index < -0.39 is 11.1 Å². The summed E-state index contributed by atoms with van der Waals surface area (Å²) in [7, 11) is 0. The van der Waals surface area contributed by atoms with E-state index in [4.69, 9.17) is 32.7 Å². The molecule has 1 aliphatic rings. The average molecular weight is 539 g/mol. The Balaban J connectivity index is 1.57. The molecule has 0 unspecified atom stereocenters. The number of carbonyl (C=O) groups is 2. The Kier molecular flexibility index (Phi) is 8.21. The van der Waals surface area contributed by atoms with Crippen molar-refractivity contribution in [2.24, 2.45) is 0 Å². The number of rotatable bonds is 8. The van der Waals surface area contributed by atoms with Gasteiger partial charge in [-0.05, 0) is 60.2 Å². The van der Waals surface area contributed by atoms with Crippen LogP contribution in [0, 0.1) is 11.3 Å². The number of thioether (sulfide) groups is 1. The van der Waals surface area contributed by atoms with Crippen molar-refractivity contribution in [3.05, 3.63) is 97.9 Å². The number of hydrogen-bond donors (Lipinski definition) is 0. The zero-order valence-corrected chi connectivity index (χ0v) is 21.5. The highest BCUT2D eigenvalue weighted by molar-refractivity contribution is 8.18. The van der Waals surface area contributed by atoms with Crippen LogP contribution in [0.15, 0.2) is 65.6 Å². The van der Waals surface area contributed by atoms with Crippen molar-refractivity contribution in [2.45, 2.75) is 20.1 Å². The highest BCUT2D eigenvalue weighted by Gasteiger charge is 2.35. The molecule has 0 radical (unpaired) electrons. The lowest BCUT2D eigenvalue weighted by Crippen LogP contribution is -2.27. The summed E-state index contributed by atoms with van der Waals surface area (Å²) in [5, 5.41) is 9.77. The molecule has 4 rings (SSSR count). The van der Waals surface area contributed by atoms with E-state index in [1.165, 1.54) is 0 Å². The normalized spacial score (nSPS) is 14.3. The number of carbonyl (C=O) groups excluding carboxylic acids is 2. The smallest absolute Gasteiger partial charge is 0.293 e. The lowest BCUT2D eigenvalue weighted by atomic mass is 10.1. The predicted molar refractivity (Wildman–Crippen MR) is 141 cm³/mol. The van der Waals surface area contributed by atoms with Crippen molar-refractivity contribution in [3.8, 4) is 17.6 Å². The fourth-order valence-corrected chi connectivity index (χ4v) is 4.87. The SMILES string of the molecule is CCOc1cc(/C=C2/SC(=O)N(Cc3ccccc3C#N)C2=O)cc(Cl)c1OCc1ccccc1Cl. The molecule has 0 aliphatic carbocycles. The molecule has 9 heteroatoms. The van der Waals surface area contributed by atoms with Gasteiger partial charge in [-0.15, -0.1) is 0 Å². The summed E-state index contributed by atoms with van der Waals surface area (Å²) in [4.78, 5) is 27.0. The van der Waals surface area contributed by atoms with Crippen LogP contribution in [0.2, 0.25) is 10.0 Å². The molecule has 36 heavy (non-hydrogen) atoms. The van der Waals surface area contributed by atoms with Crippen molar-refractivity contribution in [1.82, 2.24) is 4.90 Å². The van der Waals surface area contributed by atoms with Gasteiger partial charge in [0.15, 0.2) is 11.5 Å². The van der Waals surface area contributed by atoms with Crippen LogP contribution in [0.5, 0.6) is 11.5 Å². The van der Waals surface area contributed by atoms with Crippen LogP contribution in [0.1, 0.15) is 29.2 Å². The summed E-state index contributed by atoms with van der Waals surface area (Å²) in [6.07, 6.45) is 1.59. The van der Waals surface area contributed by atoms with Crippen molar-refractivity contribution in [2.75, 3.05) is 6.61 Å². The first-order chi connectivity index (χ1) is 17.4. The predicted octanol–water partition coefficient (Wildman–Crippen LogP) is 7.08. The molecule has 3 aromatic carbocycles. The second kappa shape index (κ2) is 11.5. The van der Waals surface area contributed by atoms with E-state index in [1.807, 2.05) is 25.1 Å². The van der Waals surface area contributed by atoms with Gasteiger partial charge < -0.3 is 9.47 Å². The number of amides is 2. The van der Waals surface area contributed by atoms with Crippen LogP contribution < -0.4 is 9.47 Å². The summed E-state index contributed by atoms with van der Waals surface area (Å²) in [5.74, 6) is 0.327. The summed E-state index contributed by atoms with van der Waals surface area (Å²) >= 11 is 13.6. The van der Waals surface area contributed by atoms with E-state index in [1.54, 1.807) is 48.5 Å². The first-order valence-electron chi connectivity index (χ1n) is 11.0. The third-order valence-corrected chi connectivity index (χ3v) is 6.86. The fraction of sp³-hybridized carbons (Fsp3) is 0.148. The number of hydrogen-bond acceptors (Lipinski definition) is 6. The van der Waals surface area contributed by atoms with Gasteiger partial charge in [0.1, 0.15) is 6.61 Å². The van der Waals surface area contributed by atoms with Crippen LogP contribution in [-0.4, -0.2) is 22.7 Å². The van der Waals surface area contributed by atoms with Gasteiger partial charge in [-0.25, -0.2) is 0 Å². The Hall–Kier alpha value is -3.44. The Bertz CT molecular complexity index is 1400. The summed E-state index contributed by atoms with van der Waals surface area (Å²) < 4.78 is 11.7. The standard InChI is InChI=1S/C27H20Cl2N2O4S/c1-2-34-23-12-17(11-22(29)25(23)35-16-20-9-5-6-10-21(20)28)13-24-26(32)31(27(33)36-24)15-19-8-4-3-7-18(19)14-30/h3-13H,2,15-16H2,1H3/b24-13+. The van der Waals surface area contributed by atoms with E-state index in [0.717, 1.165) is 22.2 Å². The molecular weight excluding hydrogens is 519 g/mol. The van der Waals surface area contributed by atoms with Gasteiger partial charge in [-0.3, -0.25) is 14.5 Å². The second-order valence-electron chi connectivity index (χ2n) is 7.68. The number of ether oxygens (including phenoxy) is 2. The number of imide groups is 1. The molecule has 1 fully saturated rings. The minimum Gasteiger partial charge on any atom is -0.490 e. The number of halogens is 2. The van der Waals surface area contributed by atoms with Gasteiger partial charge in [0.05, 0.1) is 34.7 Å². The molecule has 0 spiro atoms. The van der Waals surface area contributed by atoms with Crippen molar-refractivity contribution in [3.63, 3.8) is 0 Å². The molecule has 182 valence electrons.